The van der Waals surface area contributed by atoms with Gasteiger partial charge in [-0.05, 0) is 37.0 Å². The van der Waals surface area contributed by atoms with Gasteiger partial charge in [0, 0.05) is 13.5 Å². The molecule has 1 N–H and O–H groups in total. The summed E-state index contributed by atoms with van der Waals surface area (Å²) in [4.78, 5) is 0. The Kier molecular flexibility index (Phi) is 5.66. The third-order valence-electron chi connectivity index (χ3n) is 3.36. The lowest BCUT2D eigenvalue weighted by Gasteiger charge is -2.22. The first-order chi connectivity index (χ1) is 8.10. The fourth-order valence-electron chi connectivity index (χ4n) is 2.26. The van der Waals surface area contributed by atoms with Gasteiger partial charge in [0.05, 0.1) is 12.2 Å². The van der Waals surface area contributed by atoms with E-state index in [2.05, 4.69) is 39.0 Å². The lowest BCUT2D eigenvalue weighted by atomic mass is 9.94. The van der Waals surface area contributed by atoms with Gasteiger partial charge in [0.1, 0.15) is 0 Å². The zero-order valence-corrected chi connectivity index (χ0v) is 11.4. The van der Waals surface area contributed by atoms with E-state index in [1.165, 1.54) is 16.7 Å². The molecule has 2 heteroatoms. The highest BCUT2D eigenvalue weighted by Gasteiger charge is 2.19. The molecule has 1 aromatic rings. The second kappa shape index (κ2) is 6.77. The molecule has 0 radical (unpaired) electrons. The molecule has 0 saturated carbocycles. The summed E-state index contributed by atoms with van der Waals surface area (Å²) in [6.07, 6.45) is 2.14. The maximum atomic E-state index is 10.2. The van der Waals surface area contributed by atoms with Crippen LogP contribution in [-0.4, -0.2) is 24.4 Å². The van der Waals surface area contributed by atoms with Crippen LogP contribution in [0.2, 0.25) is 0 Å². The Morgan fingerprint density at radius 2 is 1.82 bits per heavy atom. The van der Waals surface area contributed by atoms with Crippen LogP contribution in [0.3, 0.4) is 0 Å². The summed E-state index contributed by atoms with van der Waals surface area (Å²) in [5.74, 6) is 0. The van der Waals surface area contributed by atoms with Crippen molar-refractivity contribution in [1.82, 2.24) is 0 Å². The maximum absolute atomic E-state index is 10.2. The number of methoxy groups -OCH3 is 1. The van der Waals surface area contributed by atoms with Crippen LogP contribution in [-0.2, 0) is 11.2 Å². The first-order valence-corrected chi connectivity index (χ1v) is 6.36. The molecule has 0 saturated heterocycles. The van der Waals surface area contributed by atoms with Gasteiger partial charge in [-0.25, -0.2) is 0 Å². The van der Waals surface area contributed by atoms with E-state index in [1.54, 1.807) is 7.11 Å². The Morgan fingerprint density at radius 1 is 1.24 bits per heavy atom. The summed E-state index contributed by atoms with van der Waals surface area (Å²) in [5.41, 5.74) is 3.74. The van der Waals surface area contributed by atoms with Crippen LogP contribution in [0.4, 0.5) is 0 Å². The van der Waals surface area contributed by atoms with Gasteiger partial charge in [-0.3, -0.25) is 0 Å². The van der Waals surface area contributed by atoms with Crippen LogP contribution < -0.4 is 0 Å². The van der Waals surface area contributed by atoms with Crippen molar-refractivity contribution in [1.29, 1.82) is 0 Å². The zero-order chi connectivity index (χ0) is 12.8. The van der Waals surface area contributed by atoms with Crippen LogP contribution in [0, 0.1) is 13.8 Å². The van der Waals surface area contributed by atoms with Crippen molar-refractivity contribution < 1.29 is 9.84 Å². The number of hydrogen-bond acceptors (Lipinski definition) is 2. The quantitative estimate of drug-likeness (QED) is 0.822. The Morgan fingerprint density at radius 3 is 2.29 bits per heavy atom. The minimum absolute atomic E-state index is 0.0565. The largest absolute Gasteiger partial charge is 0.390 e. The Hall–Kier alpha value is -0.860. The van der Waals surface area contributed by atoms with Gasteiger partial charge in [-0.2, -0.15) is 0 Å². The molecule has 1 aromatic carbocycles. The van der Waals surface area contributed by atoms with Crippen LogP contribution in [0.1, 0.15) is 36.5 Å². The highest BCUT2D eigenvalue weighted by molar-refractivity contribution is 5.34. The van der Waals surface area contributed by atoms with Crippen molar-refractivity contribution in [3.05, 3.63) is 34.9 Å². The van der Waals surface area contributed by atoms with E-state index in [9.17, 15) is 5.11 Å². The van der Waals surface area contributed by atoms with Crippen molar-refractivity contribution in [3.63, 3.8) is 0 Å². The van der Waals surface area contributed by atoms with E-state index in [-0.39, 0.29) is 6.10 Å². The molecule has 0 amide bonds. The summed E-state index contributed by atoms with van der Waals surface area (Å²) in [5, 5.41) is 10.2. The molecule has 1 rings (SSSR count). The lowest BCUT2D eigenvalue weighted by molar-refractivity contribution is -0.0160. The van der Waals surface area contributed by atoms with Gasteiger partial charge in [0.2, 0.25) is 0 Å². The number of rotatable bonds is 6. The SMILES string of the molecule is CCCC(OC)C(O)Cc1c(C)cccc1C. The fourth-order valence-corrected chi connectivity index (χ4v) is 2.26. The lowest BCUT2D eigenvalue weighted by Crippen LogP contribution is -2.30. The molecular weight excluding hydrogens is 212 g/mol. The summed E-state index contributed by atoms with van der Waals surface area (Å²) in [6, 6.07) is 6.24. The van der Waals surface area contributed by atoms with Gasteiger partial charge in [0.15, 0.2) is 0 Å². The smallest absolute Gasteiger partial charge is 0.0842 e. The summed E-state index contributed by atoms with van der Waals surface area (Å²) in [7, 11) is 1.67. The summed E-state index contributed by atoms with van der Waals surface area (Å²) in [6.45, 7) is 6.30. The number of aliphatic hydroxyl groups is 1. The van der Waals surface area contributed by atoms with Gasteiger partial charge in [0.25, 0.3) is 0 Å². The molecule has 0 aliphatic carbocycles. The van der Waals surface area contributed by atoms with Gasteiger partial charge in [-0.15, -0.1) is 0 Å². The van der Waals surface area contributed by atoms with Crippen molar-refractivity contribution in [2.24, 2.45) is 0 Å². The summed E-state index contributed by atoms with van der Waals surface area (Å²) >= 11 is 0. The number of aliphatic hydroxyl groups excluding tert-OH is 1. The minimum Gasteiger partial charge on any atom is -0.390 e. The third-order valence-corrected chi connectivity index (χ3v) is 3.36. The molecule has 96 valence electrons. The number of ether oxygens (including phenoxy) is 1. The van der Waals surface area contributed by atoms with Crippen molar-refractivity contribution >= 4 is 0 Å². The fraction of sp³-hybridized carbons (Fsp3) is 0.600. The number of hydrogen-bond donors (Lipinski definition) is 1. The van der Waals surface area contributed by atoms with Gasteiger partial charge in [-0.1, -0.05) is 31.5 Å². The topological polar surface area (TPSA) is 29.5 Å². The molecule has 2 unspecified atom stereocenters. The molecule has 17 heavy (non-hydrogen) atoms. The Balaban J connectivity index is 2.76. The Labute approximate surface area is 105 Å². The van der Waals surface area contributed by atoms with Crippen LogP contribution in [0.5, 0.6) is 0 Å². The maximum Gasteiger partial charge on any atom is 0.0842 e. The zero-order valence-electron chi connectivity index (χ0n) is 11.4. The number of aryl methyl sites for hydroxylation is 2. The molecule has 0 aliphatic rings. The molecule has 0 aliphatic heterocycles. The average Bonchev–Trinajstić information content (AvgIpc) is 2.30. The number of benzene rings is 1. The molecule has 2 atom stereocenters. The van der Waals surface area contributed by atoms with Gasteiger partial charge >= 0.3 is 0 Å². The van der Waals surface area contributed by atoms with Crippen molar-refractivity contribution in [3.8, 4) is 0 Å². The average molecular weight is 236 g/mol. The molecular formula is C15H24O2. The predicted octanol–water partition coefficient (Wildman–Crippen LogP) is 3.02. The Bertz CT molecular complexity index is 327. The van der Waals surface area contributed by atoms with E-state index in [4.69, 9.17) is 4.74 Å². The van der Waals surface area contributed by atoms with E-state index in [0.29, 0.717) is 6.42 Å². The van der Waals surface area contributed by atoms with Crippen molar-refractivity contribution in [2.75, 3.05) is 7.11 Å². The van der Waals surface area contributed by atoms with E-state index in [0.717, 1.165) is 12.8 Å². The third kappa shape index (κ3) is 3.83. The summed E-state index contributed by atoms with van der Waals surface area (Å²) < 4.78 is 5.35. The van der Waals surface area contributed by atoms with E-state index >= 15 is 0 Å². The second-order valence-corrected chi connectivity index (χ2v) is 4.70. The monoisotopic (exact) mass is 236 g/mol. The van der Waals surface area contributed by atoms with Crippen molar-refractivity contribution in [2.45, 2.75) is 52.2 Å². The van der Waals surface area contributed by atoms with E-state index < -0.39 is 6.10 Å². The van der Waals surface area contributed by atoms with Crippen LogP contribution in [0.25, 0.3) is 0 Å². The molecule has 0 fully saturated rings. The molecule has 0 aromatic heterocycles. The van der Waals surface area contributed by atoms with Gasteiger partial charge < -0.3 is 9.84 Å². The first kappa shape index (κ1) is 14.2. The highest BCUT2D eigenvalue weighted by Crippen LogP contribution is 2.18. The normalized spacial score (nSPS) is 14.6. The second-order valence-electron chi connectivity index (χ2n) is 4.70. The molecule has 0 spiro atoms. The molecule has 2 nitrogen and oxygen atoms in total. The van der Waals surface area contributed by atoms with Crippen LogP contribution in [0.15, 0.2) is 18.2 Å². The predicted molar refractivity (Wildman–Crippen MR) is 71.3 cm³/mol. The molecule has 0 bridgehead atoms. The van der Waals surface area contributed by atoms with Crippen LogP contribution >= 0.6 is 0 Å². The standard InChI is InChI=1S/C15H24O2/c1-5-7-15(17-4)14(16)10-13-11(2)8-6-9-12(13)3/h6,8-9,14-16H,5,7,10H2,1-4H3. The first-order valence-electron chi connectivity index (χ1n) is 6.36. The minimum atomic E-state index is -0.417. The van der Waals surface area contributed by atoms with E-state index in [1.807, 2.05) is 0 Å². The highest BCUT2D eigenvalue weighted by atomic mass is 16.5. The molecule has 0 heterocycles.